The maximum absolute atomic E-state index is 12.8. The van der Waals surface area contributed by atoms with Gasteiger partial charge in [0.05, 0.1) is 12.5 Å². The van der Waals surface area contributed by atoms with Gasteiger partial charge in [-0.1, -0.05) is 13.8 Å². The highest BCUT2D eigenvalue weighted by Gasteiger charge is 2.31. The normalized spacial score (nSPS) is 24.0. The van der Waals surface area contributed by atoms with Gasteiger partial charge in [0, 0.05) is 25.2 Å². The van der Waals surface area contributed by atoms with Crippen LogP contribution in [0.25, 0.3) is 0 Å². The summed E-state index contributed by atoms with van der Waals surface area (Å²) in [6.07, 6.45) is 5.12. The Hall–Kier alpha value is -1.10. The fraction of sp³-hybridized carbons (Fsp3) is 0.895. The third-order valence-electron chi connectivity index (χ3n) is 5.68. The summed E-state index contributed by atoms with van der Waals surface area (Å²) < 4.78 is 0. The third-order valence-corrected chi connectivity index (χ3v) is 5.68. The molecule has 0 aromatic heterocycles. The lowest BCUT2D eigenvalue weighted by Gasteiger charge is -2.37. The largest absolute Gasteiger partial charge is 0.350 e. The number of rotatable bonds is 5. The second-order valence-electron chi connectivity index (χ2n) is 8.37. The highest BCUT2D eigenvalue weighted by molar-refractivity contribution is 5.80. The summed E-state index contributed by atoms with van der Waals surface area (Å²) in [6, 6.07) is 0. The fourth-order valence-corrected chi connectivity index (χ4v) is 3.60. The van der Waals surface area contributed by atoms with Crippen LogP contribution in [0.5, 0.6) is 0 Å². The molecule has 2 fully saturated rings. The van der Waals surface area contributed by atoms with Crippen molar-refractivity contribution in [2.75, 3.05) is 32.7 Å². The van der Waals surface area contributed by atoms with Crippen LogP contribution >= 0.6 is 0 Å². The SMILES string of the molecule is CCC(C)(C)NC(=O)CN1CCC[C@@H](C(=O)N2CCC(C)CC2)C1. The van der Waals surface area contributed by atoms with Crippen molar-refractivity contribution in [2.24, 2.45) is 11.8 Å². The van der Waals surface area contributed by atoms with Crippen molar-refractivity contribution in [3.8, 4) is 0 Å². The van der Waals surface area contributed by atoms with E-state index in [1.165, 1.54) is 0 Å². The van der Waals surface area contributed by atoms with Gasteiger partial charge in [0.2, 0.25) is 11.8 Å². The average Bonchev–Trinajstić information content (AvgIpc) is 2.54. The summed E-state index contributed by atoms with van der Waals surface area (Å²) >= 11 is 0. The summed E-state index contributed by atoms with van der Waals surface area (Å²) in [5.74, 6) is 1.18. The van der Waals surface area contributed by atoms with E-state index in [1.54, 1.807) is 0 Å². The summed E-state index contributed by atoms with van der Waals surface area (Å²) in [4.78, 5) is 29.2. The Morgan fingerprint density at radius 1 is 1.12 bits per heavy atom. The Morgan fingerprint density at radius 2 is 1.79 bits per heavy atom. The molecular formula is C19H35N3O2. The van der Waals surface area contributed by atoms with Gasteiger partial charge in [0.15, 0.2) is 0 Å². The van der Waals surface area contributed by atoms with E-state index >= 15 is 0 Å². The second kappa shape index (κ2) is 8.32. The number of hydrogen-bond acceptors (Lipinski definition) is 3. The van der Waals surface area contributed by atoms with Gasteiger partial charge in [0.1, 0.15) is 0 Å². The molecule has 1 N–H and O–H groups in total. The van der Waals surface area contributed by atoms with Crippen LogP contribution in [0.1, 0.15) is 59.8 Å². The van der Waals surface area contributed by atoms with Crippen LogP contribution < -0.4 is 5.32 Å². The number of piperidine rings is 2. The molecule has 0 bridgehead atoms. The van der Waals surface area contributed by atoms with Gasteiger partial charge in [-0.15, -0.1) is 0 Å². The molecule has 0 radical (unpaired) electrons. The van der Waals surface area contributed by atoms with Crippen molar-refractivity contribution in [1.82, 2.24) is 15.1 Å². The molecular weight excluding hydrogens is 302 g/mol. The molecule has 0 aromatic rings. The zero-order valence-corrected chi connectivity index (χ0v) is 15.9. The molecule has 138 valence electrons. The summed E-state index contributed by atoms with van der Waals surface area (Å²) in [7, 11) is 0. The zero-order valence-electron chi connectivity index (χ0n) is 15.9. The van der Waals surface area contributed by atoms with E-state index in [9.17, 15) is 9.59 Å². The third kappa shape index (κ3) is 5.47. The van der Waals surface area contributed by atoms with Gasteiger partial charge in [-0.05, 0) is 58.4 Å². The number of nitrogens with zero attached hydrogens (tertiary/aromatic N) is 2. The van der Waals surface area contributed by atoms with E-state index < -0.39 is 0 Å². The molecule has 2 heterocycles. The smallest absolute Gasteiger partial charge is 0.234 e. The van der Waals surface area contributed by atoms with Crippen molar-refractivity contribution in [1.29, 1.82) is 0 Å². The van der Waals surface area contributed by atoms with Crippen LogP contribution in [0, 0.1) is 11.8 Å². The number of carbonyl (C=O) groups excluding carboxylic acids is 2. The quantitative estimate of drug-likeness (QED) is 0.837. The second-order valence-corrected chi connectivity index (χ2v) is 8.37. The van der Waals surface area contributed by atoms with Crippen molar-refractivity contribution in [3.63, 3.8) is 0 Å². The van der Waals surface area contributed by atoms with Gasteiger partial charge < -0.3 is 10.2 Å². The Bertz CT molecular complexity index is 442. The Morgan fingerprint density at radius 3 is 2.42 bits per heavy atom. The van der Waals surface area contributed by atoms with Gasteiger partial charge in [-0.2, -0.15) is 0 Å². The monoisotopic (exact) mass is 337 g/mol. The molecule has 2 saturated heterocycles. The highest BCUT2D eigenvalue weighted by atomic mass is 16.2. The lowest BCUT2D eigenvalue weighted by molar-refractivity contribution is -0.139. The molecule has 5 heteroatoms. The molecule has 2 aliphatic rings. The maximum Gasteiger partial charge on any atom is 0.234 e. The summed E-state index contributed by atoms with van der Waals surface area (Å²) in [6.45, 7) is 12.3. The molecule has 5 nitrogen and oxygen atoms in total. The molecule has 0 aliphatic carbocycles. The minimum Gasteiger partial charge on any atom is -0.350 e. The number of amides is 2. The van der Waals surface area contributed by atoms with Crippen molar-refractivity contribution >= 4 is 11.8 Å². The lowest BCUT2D eigenvalue weighted by Crippen LogP contribution is -2.51. The van der Waals surface area contributed by atoms with Crippen LogP contribution in [0.2, 0.25) is 0 Å². The predicted molar refractivity (Wildman–Crippen MR) is 96.7 cm³/mol. The van der Waals surface area contributed by atoms with E-state index in [2.05, 4.69) is 29.0 Å². The van der Waals surface area contributed by atoms with Crippen LogP contribution in [0.15, 0.2) is 0 Å². The Kier molecular flexibility index (Phi) is 6.67. The van der Waals surface area contributed by atoms with Gasteiger partial charge in [-0.25, -0.2) is 0 Å². The molecule has 2 amide bonds. The first-order valence-corrected chi connectivity index (χ1v) is 9.63. The standard InChI is InChI=1S/C19H35N3O2/c1-5-19(3,4)20-17(23)14-21-10-6-7-16(13-21)18(24)22-11-8-15(2)9-12-22/h15-16H,5-14H2,1-4H3,(H,20,23)/t16-/m1/s1. The first kappa shape index (κ1) is 19.2. The van der Waals surface area contributed by atoms with E-state index in [4.69, 9.17) is 0 Å². The first-order chi connectivity index (χ1) is 11.3. The molecule has 0 unspecified atom stereocenters. The van der Waals surface area contributed by atoms with Crippen LogP contribution in [0.4, 0.5) is 0 Å². The van der Waals surface area contributed by atoms with Gasteiger partial charge >= 0.3 is 0 Å². The molecule has 2 rings (SSSR count). The number of hydrogen-bond donors (Lipinski definition) is 1. The maximum atomic E-state index is 12.8. The topological polar surface area (TPSA) is 52.7 Å². The van der Waals surface area contributed by atoms with E-state index in [-0.39, 0.29) is 17.4 Å². The summed E-state index contributed by atoms with van der Waals surface area (Å²) in [5.41, 5.74) is -0.160. The van der Waals surface area contributed by atoms with Gasteiger partial charge in [0.25, 0.3) is 0 Å². The highest BCUT2D eigenvalue weighted by Crippen LogP contribution is 2.23. The minimum absolute atomic E-state index is 0.0686. The average molecular weight is 338 g/mol. The van der Waals surface area contributed by atoms with Crippen molar-refractivity contribution < 1.29 is 9.59 Å². The van der Waals surface area contributed by atoms with Crippen LogP contribution in [0.3, 0.4) is 0 Å². The number of likely N-dealkylation sites (tertiary alicyclic amines) is 2. The Balaban J connectivity index is 1.83. The van der Waals surface area contributed by atoms with Crippen molar-refractivity contribution in [2.45, 2.75) is 65.3 Å². The molecule has 0 aromatic carbocycles. The molecule has 0 saturated carbocycles. The summed E-state index contributed by atoms with van der Waals surface area (Å²) in [5, 5.41) is 3.09. The fourth-order valence-electron chi connectivity index (χ4n) is 3.60. The minimum atomic E-state index is -0.160. The van der Waals surface area contributed by atoms with E-state index in [0.717, 1.165) is 64.2 Å². The molecule has 24 heavy (non-hydrogen) atoms. The molecule has 2 aliphatic heterocycles. The van der Waals surface area contributed by atoms with Gasteiger partial charge in [-0.3, -0.25) is 14.5 Å². The molecule has 1 atom stereocenters. The van der Waals surface area contributed by atoms with Crippen LogP contribution in [-0.4, -0.2) is 59.9 Å². The lowest BCUT2D eigenvalue weighted by atomic mass is 9.93. The number of nitrogens with one attached hydrogen (secondary N) is 1. The first-order valence-electron chi connectivity index (χ1n) is 9.63. The molecule has 0 spiro atoms. The van der Waals surface area contributed by atoms with Crippen molar-refractivity contribution in [3.05, 3.63) is 0 Å². The number of carbonyl (C=O) groups is 2. The van der Waals surface area contributed by atoms with Crippen LogP contribution in [-0.2, 0) is 9.59 Å². The predicted octanol–water partition coefficient (Wildman–Crippen LogP) is 2.26. The van der Waals surface area contributed by atoms with E-state index in [0.29, 0.717) is 12.5 Å². The van der Waals surface area contributed by atoms with E-state index in [1.807, 2.05) is 13.8 Å². The Labute approximate surface area is 147 Å². The zero-order chi connectivity index (χ0) is 17.7.